The summed E-state index contributed by atoms with van der Waals surface area (Å²) in [6.07, 6.45) is 1.04. The molecule has 144 valence electrons. The zero-order valence-electron chi connectivity index (χ0n) is 14.6. The van der Waals surface area contributed by atoms with E-state index in [9.17, 15) is 18.0 Å². The molecule has 0 aliphatic heterocycles. The number of carbonyl (C=O) groups excluding carboxylic acids is 2. The van der Waals surface area contributed by atoms with Gasteiger partial charge in [-0.15, -0.1) is 0 Å². The number of sulfonamides is 1. The Kier molecular flexibility index (Phi) is 6.35. The van der Waals surface area contributed by atoms with Crippen LogP contribution in [0.3, 0.4) is 0 Å². The largest absolute Gasteiger partial charge is 0.465 e. The number of rotatable bonds is 5. The zero-order valence-corrected chi connectivity index (χ0v) is 16.9. The summed E-state index contributed by atoms with van der Waals surface area (Å²) in [6.45, 7) is 0. The van der Waals surface area contributed by atoms with Crippen molar-refractivity contribution >= 4 is 56.5 Å². The number of nitrogens with one attached hydrogen (secondary N) is 1. The van der Waals surface area contributed by atoms with Crippen molar-refractivity contribution in [2.75, 3.05) is 30.0 Å². The predicted octanol–water partition coefficient (Wildman–Crippen LogP) is 3.43. The molecule has 0 aromatic heterocycles. The molecule has 2 rings (SSSR count). The number of benzene rings is 2. The first kappa shape index (κ1) is 21.0. The van der Waals surface area contributed by atoms with Gasteiger partial charge in [0.05, 0.1) is 45.9 Å². The average Bonchev–Trinajstić information content (AvgIpc) is 2.61. The lowest BCUT2D eigenvalue weighted by Crippen LogP contribution is -2.25. The SMILES string of the molecule is COC(=O)c1ccc(Cl)c(NC(=O)c2cc(N(C)S(C)(=O)=O)ccc2Cl)c1. The molecule has 10 heteroatoms. The minimum atomic E-state index is -3.51. The fourth-order valence-electron chi connectivity index (χ4n) is 2.13. The van der Waals surface area contributed by atoms with Crippen molar-refractivity contribution < 1.29 is 22.7 Å². The number of ether oxygens (including phenoxy) is 1. The summed E-state index contributed by atoms with van der Waals surface area (Å²) in [7, 11) is -0.916. The lowest BCUT2D eigenvalue weighted by atomic mass is 10.1. The number of anilines is 2. The molecule has 0 fully saturated rings. The Morgan fingerprint density at radius 2 is 1.70 bits per heavy atom. The van der Waals surface area contributed by atoms with Crippen LogP contribution < -0.4 is 9.62 Å². The Morgan fingerprint density at radius 1 is 1.07 bits per heavy atom. The van der Waals surface area contributed by atoms with Gasteiger partial charge in [0.2, 0.25) is 10.0 Å². The topological polar surface area (TPSA) is 92.8 Å². The van der Waals surface area contributed by atoms with Crippen LogP contribution in [0.15, 0.2) is 36.4 Å². The predicted molar refractivity (Wildman–Crippen MR) is 105 cm³/mol. The molecule has 2 aromatic rings. The monoisotopic (exact) mass is 430 g/mol. The van der Waals surface area contributed by atoms with E-state index in [0.29, 0.717) is 0 Å². The molecule has 27 heavy (non-hydrogen) atoms. The molecule has 2 aromatic carbocycles. The first-order valence-electron chi connectivity index (χ1n) is 7.47. The highest BCUT2D eigenvalue weighted by Crippen LogP contribution is 2.27. The van der Waals surface area contributed by atoms with Crippen LogP contribution in [0, 0.1) is 0 Å². The maximum atomic E-state index is 12.6. The summed E-state index contributed by atoms with van der Waals surface area (Å²) in [5, 5.41) is 2.89. The van der Waals surface area contributed by atoms with Crippen molar-refractivity contribution in [1.82, 2.24) is 0 Å². The third kappa shape index (κ3) is 4.91. The van der Waals surface area contributed by atoms with Gasteiger partial charge >= 0.3 is 5.97 Å². The molecule has 0 aliphatic rings. The lowest BCUT2D eigenvalue weighted by Gasteiger charge is -2.18. The van der Waals surface area contributed by atoms with Crippen LogP contribution in [0.5, 0.6) is 0 Å². The highest BCUT2D eigenvalue weighted by atomic mass is 35.5. The van der Waals surface area contributed by atoms with E-state index in [4.69, 9.17) is 23.2 Å². The fraction of sp³-hybridized carbons (Fsp3) is 0.176. The zero-order chi connectivity index (χ0) is 20.4. The number of esters is 1. The summed E-state index contributed by atoms with van der Waals surface area (Å²) in [5.41, 5.74) is 0.696. The van der Waals surface area contributed by atoms with Crippen LogP contribution in [0.1, 0.15) is 20.7 Å². The molecule has 0 atom stereocenters. The van der Waals surface area contributed by atoms with Crippen molar-refractivity contribution in [3.63, 3.8) is 0 Å². The van der Waals surface area contributed by atoms with Crippen LogP contribution in [-0.2, 0) is 14.8 Å². The standard InChI is InChI=1S/C17H16Cl2N2O5S/c1-21(27(3,24)25)11-5-7-13(18)12(9-11)16(22)20-15-8-10(17(23)26-2)4-6-14(15)19/h4-9H,1-3H3,(H,20,22). The molecule has 0 saturated heterocycles. The van der Waals surface area contributed by atoms with Gasteiger partial charge in [-0.3, -0.25) is 9.10 Å². The number of amides is 1. The quantitative estimate of drug-likeness (QED) is 0.733. The van der Waals surface area contributed by atoms with E-state index in [1.54, 1.807) is 0 Å². The second kappa shape index (κ2) is 8.16. The Morgan fingerprint density at radius 3 is 2.30 bits per heavy atom. The maximum Gasteiger partial charge on any atom is 0.337 e. The minimum absolute atomic E-state index is 0.0456. The molecule has 0 bridgehead atoms. The summed E-state index contributed by atoms with van der Waals surface area (Å²) in [4.78, 5) is 24.3. The van der Waals surface area contributed by atoms with Gasteiger partial charge in [-0.25, -0.2) is 13.2 Å². The number of carbonyl (C=O) groups is 2. The molecule has 0 heterocycles. The molecule has 0 radical (unpaired) electrons. The normalized spacial score (nSPS) is 11.0. The first-order chi connectivity index (χ1) is 12.5. The maximum absolute atomic E-state index is 12.6. The van der Waals surface area contributed by atoms with Gasteiger partial charge in [-0.05, 0) is 36.4 Å². The van der Waals surface area contributed by atoms with E-state index in [1.165, 1.54) is 50.6 Å². The molecule has 0 saturated carbocycles. The van der Waals surface area contributed by atoms with Crippen molar-refractivity contribution in [2.24, 2.45) is 0 Å². The van der Waals surface area contributed by atoms with Gasteiger partial charge in [0.25, 0.3) is 5.91 Å². The summed E-state index contributed by atoms with van der Waals surface area (Å²) < 4.78 is 29.0. The summed E-state index contributed by atoms with van der Waals surface area (Å²) in [6, 6.07) is 8.51. The molecule has 1 N–H and O–H groups in total. The van der Waals surface area contributed by atoms with Gasteiger partial charge in [0.15, 0.2) is 0 Å². The van der Waals surface area contributed by atoms with E-state index in [0.717, 1.165) is 10.6 Å². The highest BCUT2D eigenvalue weighted by Gasteiger charge is 2.18. The van der Waals surface area contributed by atoms with Gasteiger partial charge in [-0.2, -0.15) is 0 Å². The smallest absolute Gasteiger partial charge is 0.337 e. The van der Waals surface area contributed by atoms with E-state index >= 15 is 0 Å². The third-order valence-electron chi connectivity index (χ3n) is 3.69. The van der Waals surface area contributed by atoms with Crippen LogP contribution in [0.4, 0.5) is 11.4 Å². The van der Waals surface area contributed by atoms with Crippen molar-refractivity contribution in [2.45, 2.75) is 0 Å². The number of hydrogen-bond acceptors (Lipinski definition) is 5. The lowest BCUT2D eigenvalue weighted by molar-refractivity contribution is 0.0600. The molecule has 0 aliphatic carbocycles. The molecular formula is C17H16Cl2N2O5S. The molecular weight excluding hydrogens is 415 g/mol. The van der Waals surface area contributed by atoms with E-state index in [1.807, 2.05) is 0 Å². The van der Waals surface area contributed by atoms with E-state index < -0.39 is 21.9 Å². The van der Waals surface area contributed by atoms with E-state index in [-0.39, 0.29) is 32.5 Å². The number of nitrogens with zero attached hydrogens (tertiary/aromatic N) is 1. The Bertz CT molecular complexity index is 1010. The summed E-state index contributed by atoms with van der Waals surface area (Å²) >= 11 is 12.2. The van der Waals surface area contributed by atoms with Crippen molar-refractivity contribution in [3.8, 4) is 0 Å². The Hall–Kier alpha value is -2.29. The molecule has 0 spiro atoms. The van der Waals surface area contributed by atoms with Gasteiger partial charge < -0.3 is 10.1 Å². The second-order valence-electron chi connectivity index (χ2n) is 5.53. The minimum Gasteiger partial charge on any atom is -0.465 e. The van der Waals surface area contributed by atoms with Gasteiger partial charge in [-0.1, -0.05) is 23.2 Å². The Labute approximate surface area is 166 Å². The summed E-state index contributed by atoms with van der Waals surface area (Å²) in [5.74, 6) is -1.20. The van der Waals surface area contributed by atoms with E-state index in [2.05, 4.69) is 10.1 Å². The van der Waals surface area contributed by atoms with Gasteiger partial charge in [0, 0.05) is 7.05 Å². The number of methoxy groups -OCH3 is 1. The second-order valence-corrected chi connectivity index (χ2v) is 8.36. The molecule has 1 amide bonds. The number of halogens is 2. The van der Waals surface area contributed by atoms with Crippen molar-refractivity contribution in [1.29, 1.82) is 0 Å². The highest BCUT2D eigenvalue weighted by molar-refractivity contribution is 7.92. The molecule has 7 nitrogen and oxygen atoms in total. The Balaban J connectivity index is 2.38. The van der Waals surface area contributed by atoms with Crippen molar-refractivity contribution in [3.05, 3.63) is 57.6 Å². The third-order valence-corrected chi connectivity index (χ3v) is 5.56. The molecule has 0 unspecified atom stereocenters. The number of hydrogen-bond donors (Lipinski definition) is 1. The van der Waals surface area contributed by atoms with Crippen LogP contribution in [-0.4, -0.2) is 40.7 Å². The van der Waals surface area contributed by atoms with Crippen LogP contribution in [0.25, 0.3) is 0 Å². The van der Waals surface area contributed by atoms with Crippen LogP contribution >= 0.6 is 23.2 Å². The van der Waals surface area contributed by atoms with Gasteiger partial charge in [0.1, 0.15) is 0 Å². The van der Waals surface area contributed by atoms with Crippen LogP contribution in [0.2, 0.25) is 10.0 Å². The first-order valence-corrected chi connectivity index (χ1v) is 10.1. The average molecular weight is 431 g/mol. The fourth-order valence-corrected chi connectivity index (χ4v) is 2.99.